The van der Waals surface area contributed by atoms with E-state index >= 15 is 0 Å². The van der Waals surface area contributed by atoms with E-state index in [1.165, 1.54) is 11.1 Å². The first-order chi connectivity index (χ1) is 13.7. The topological polar surface area (TPSA) is 70.9 Å². The number of aliphatic imine (C=N–C) groups is 1. The molecule has 0 amide bonds. The highest BCUT2D eigenvalue weighted by atomic mass is 15.2. The zero-order chi connectivity index (χ0) is 19.3. The molecule has 0 spiro atoms. The van der Waals surface area contributed by atoms with Crippen LogP contribution in [-0.4, -0.2) is 39.4 Å². The molecule has 0 unspecified atom stereocenters. The number of aromatic nitrogens is 2. The minimum Gasteiger partial charge on any atom is -0.370 e. The maximum atomic E-state index is 6.12. The van der Waals surface area contributed by atoms with E-state index in [0.29, 0.717) is 18.5 Å². The molecule has 2 aromatic heterocycles. The molecule has 6 heteroatoms. The molecule has 1 fully saturated rings. The molecule has 146 valence electrons. The second-order valence-corrected chi connectivity index (χ2v) is 7.59. The Bertz CT molecular complexity index is 938. The van der Waals surface area contributed by atoms with Gasteiger partial charge in [-0.15, -0.1) is 0 Å². The Hall–Kier alpha value is -2.86. The van der Waals surface area contributed by atoms with Crippen LogP contribution in [0.5, 0.6) is 0 Å². The lowest BCUT2D eigenvalue weighted by molar-refractivity contribution is 0.199. The molecular weight excluding hydrogens is 348 g/mol. The van der Waals surface area contributed by atoms with Crippen LogP contribution in [0.3, 0.4) is 0 Å². The van der Waals surface area contributed by atoms with Crippen molar-refractivity contribution >= 4 is 11.6 Å². The van der Waals surface area contributed by atoms with E-state index in [0.717, 1.165) is 43.8 Å². The molecule has 4 rings (SSSR count). The summed E-state index contributed by atoms with van der Waals surface area (Å²) in [7, 11) is 0. The van der Waals surface area contributed by atoms with Gasteiger partial charge in [-0.3, -0.25) is 4.90 Å². The summed E-state index contributed by atoms with van der Waals surface area (Å²) < 4.78 is 2.03. The van der Waals surface area contributed by atoms with Crippen molar-refractivity contribution in [1.82, 2.24) is 19.6 Å². The van der Waals surface area contributed by atoms with E-state index in [4.69, 9.17) is 5.73 Å². The van der Waals surface area contributed by atoms with Crippen molar-refractivity contribution < 1.29 is 0 Å². The van der Waals surface area contributed by atoms with Gasteiger partial charge in [-0.1, -0.05) is 36.4 Å². The summed E-state index contributed by atoms with van der Waals surface area (Å²) in [5.74, 6) is 0.509. The number of pyridine rings is 1. The van der Waals surface area contributed by atoms with Crippen molar-refractivity contribution in [1.29, 1.82) is 0 Å². The van der Waals surface area contributed by atoms with Gasteiger partial charge in [-0.05, 0) is 37.0 Å². The number of benzene rings is 1. The van der Waals surface area contributed by atoms with Crippen LogP contribution in [0.25, 0.3) is 5.65 Å². The molecule has 1 aliphatic rings. The predicted octanol–water partition coefficient (Wildman–Crippen LogP) is 2.71. The second kappa shape index (κ2) is 8.44. The average Bonchev–Trinajstić information content (AvgIpc) is 3.11. The quantitative estimate of drug-likeness (QED) is 0.531. The Kier molecular flexibility index (Phi) is 5.58. The normalized spacial score (nSPS) is 16.5. The molecule has 3 heterocycles. The van der Waals surface area contributed by atoms with Crippen LogP contribution in [0.1, 0.15) is 29.7 Å². The van der Waals surface area contributed by atoms with Crippen molar-refractivity contribution in [2.75, 3.05) is 13.1 Å². The number of hydrogen-bond acceptors (Lipinski definition) is 3. The van der Waals surface area contributed by atoms with E-state index in [-0.39, 0.29) is 0 Å². The summed E-state index contributed by atoms with van der Waals surface area (Å²) in [5.41, 5.74) is 10.6. The van der Waals surface area contributed by atoms with Crippen LogP contribution in [0, 0.1) is 6.92 Å². The maximum absolute atomic E-state index is 6.12. The first-order valence-corrected chi connectivity index (χ1v) is 9.93. The van der Waals surface area contributed by atoms with E-state index in [1.807, 2.05) is 16.7 Å². The molecule has 1 aromatic carbocycles. The first kappa shape index (κ1) is 18.5. The van der Waals surface area contributed by atoms with Crippen molar-refractivity contribution in [2.45, 2.75) is 38.9 Å². The molecule has 1 aliphatic heterocycles. The number of imidazole rings is 1. The molecule has 0 radical (unpaired) electrons. The number of likely N-dealkylation sites (tertiary alicyclic amines) is 1. The lowest BCUT2D eigenvalue weighted by atomic mass is 10.0. The number of nitrogens with zero attached hydrogens (tertiary/aromatic N) is 4. The third-order valence-corrected chi connectivity index (χ3v) is 5.25. The Morgan fingerprint density at radius 1 is 1.14 bits per heavy atom. The van der Waals surface area contributed by atoms with Gasteiger partial charge < -0.3 is 15.5 Å². The zero-order valence-corrected chi connectivity index (χ0v) is 16.4. The summed E-state index contributed by atoms with van der Waals surface area (Å²) in [6.45, 7) is 5.73. The van der Waals surface area contributed by atoms with Gasteiger partial charge in [0.2, 0.25) is 0 Å². The van der Waals surface area contributed by atoms with Crippen molar-refractivity contribution in [2.24, 2.45) is 10.7 Å². The van der Waals surface area contributed by atoms with Crippen LogP contribution < -0.4 is 11.1 Å². The minimum absolute atomic E-state index is 0.388. The van der Waals surface area contributed by atoms with Crippen LogP contribution in [-0.2, 0) is 13.1 Å². The van der Waals surface area contributed by atoms with Gasteiger partial charge in [0, 0.05) is 38.1 Å². The Balaban J connectivity index is 1.26. The number of nitrogens with two attached hydrogens (primary N) is 1. The van der Waals surface area contributed by atoms with E-state index in [9.17, 15) is 0 Å². The fourth-order valence-electron chi connectivity index (χ4n) is 3.73. The van der Waals surface area contributed by atoms with Crippen LogP contribution in [0.4, 0.5) is 0 Å². The number of hydrogen-bond donors (Lipinski definition) is 2. The van der Waals surface area contributed by atoms with E-state index in [2.05, 4.69) is 69.7 Å². The lowest BCUT2D eigenvalue weighted by Crippen LogP contribution is -2.46. The Morgan fingerprint density at radius 3 is 2.71 bits per heavy atom. The summed E-state index contributed by atoms with van der Waals surface area (Å²) in [4.78, 5) is 11.6. The molecule has 3 aromatic rings. The summed E-state index contributed by atoms with van der Waals surface area (Å²) in [5, 5.41) is 3.38. The van der Waals surface area contributed by atoms with Gasteiger partial charge in [0.1, 0.15) is 5.65 Å². The van der Waals surface area contributed by atoms with Gasteiger partial charge in [0.05, 0.1) is 12.2 Å². The molecule has 6 nitrogen and oxygen atoms in total. The Morgan fingerprint density at radius 2 is 1.93 bits per heavy atom. The molecular formula is C22H28N6. The number of guanidine groups is 1. The molecule has 0 bridgehead atoms. The highest BCUT2D eigenvalue weighted by Gasteiger charge is 2.19. The standard InChI is InChI=1S/C22H28N6/c1-17-7-8-21-25-20(16-28(21)14-17)13-24-22(23)26-19-9-11-27(12-10-19)15-18-5-3-2-4-6-18/h2-8,14,16,19H,9-13,15H2,1H3,(H3,23,24,26). The number of piperidine rings is 1. The fourth-order valence-corrected chi connectivity index (χ4v) is 3.73. The third kappa shape index (κ3) is 4.70. The molecule has 1 saturated heterocycles. The molecule has 3 N–H and O–H groups in total. The van der Waals surface area contributed by atoms with Crippen LogP contribution >= 0.6 is 0 Å². The zero-order valence-electron chi connectivity index (χ0n) is 16.4. The van der Waals surface area contributed by atoms with Crippen LogP contribution in [0.2, 0.25) is 0 Å². The number of aryl methyl sites for hydroxylation is 1. The minimum atomic E-state index is 0.388. The number of nitrogens with one attached hydrogen (secondary N) is 1. The van der Waals surface area contributed by atoms with Crippen LogP contribution in [0.15, 0.2) is 59.9 Å². The predicted molar refractivity (Wildman–Crippen MR) is 113 cm³/mol. The van der Waals surface area contributed by atoms with Gasteiger partial charge in [-0.25, -0.2) is 9.98 Å². The first-order valence-electron chi connectivity index (χ1n) is 9.93. The largest absolute Gasteiger partial charge is 0.370 e. The number of fused-ring (bicyclic) bond motifs is 1. The van der Waals surface area contributed by atoms with Crippen molar-refractivity contribution in [3.05, 3.63) is 71.7 Å². The third-order valence-electron chi connectivity index (χ3n) is 5.25. The summed E-state index contributed by atoms with van der Waals surface area (Å²) >= 11 is 0. The van der Waals surface area contributed by atoms with Gasteiger partial charge in [0.15, 0.2) is 5.96 Å². The molecule has 0 saturated carbocycles. The molecule has 28 heavy (non-hydrogen) atoms. The monoisotopic (exact) mass is 376 g/mol. The highest BCUT2D eigenvalue weighted by molar-refractivity contribution is 5.78. The maximum Gasteiger partial charge on any atom is 0.189 e. The van der Waals surface area contributed by atoms with Crippen molar-refractivity contribution in [3.63, 3.8) is 0 Å². The van der Waals surface area contributed by atoms with Crippen molar-refractivity contribution in [3.8, 4) is 0 Å². The molecule has 0 atom stereocenters. The van der Waals surface area contributed by atoms with E-state index < -0.39 is 0 Å². The SMILES string of the molecule is Cc1ccc2nc(CN=C(N)NC3CCN(Cc4ccccc4)CC3)cn2c1. The highest BCUT2D eigenvalue weighted by Crippen LogP contribution is 2.14. The average molecular weight is 377 g/mol. The lowest BCUT2D eigenvalue weighted by Gasteiger charge is -2.32. The van der Waals surface area contributed by atoms with Gasteiger partial charge in [-0.2, -0.15) is 0 Å². The van der Waals surface area contributed by atoms with Gasteiger partial charge in [0.25, 0.3) is 0 Å². The van der Waals surface area contributed by atoms with E-state index in [1.54, 1.807) is 0 Å². The Labute approximate surface area is 166 Å². The smallest absolute Gasteiger partial charge is 0.189 e. The summed E-state index contributed by atoms with van der Waals surface area (Å²) in [6, 6.07) is 15.1. The second-order valence-electron chi connectivity index (χ2n) is 7.59. The van der Waals surface area contributed by atoms with Gasteiger partial charge >= 0.3 is 0 Å². The fraction of sp³-hybridized carbons (Fsp3) is 0.364. The number of rotatable bonds is 5. The molecule has 0 aliphatic carbocycles. The summed E-state index contributed by atoms with van der Waals surface area (Å²) in [6.07, 6.45) is 6.24.